The van der Waals surface area contributed by atoms with Crippen LogP contribution in [0.3, 0.4) is 0 Å². The van der Waals surface area contributed by atoms with Gasteiger partial charge in [-0.2, -0.15) is 13.2 Å². The molecule has 1 aliphatic carbocycles. The van der Waals surface area contributed by atoms with E-state index in [0.29, 0.717) is 17.3 Å². The van der Waals surface area contributed by atoms with Gasteiger partial charge in [-0.3, -0.25) is 14.5 Å². The SMILES string of the molecule is CCCCCN(CCCCC)[C@@H]1CCCC[C@H]1Nc1c(NCc2ccc(C(F)(F)F)cc2)c(=O)c1=O. The van der Waals surface area contributed by atoms with E-state index in [1.807, 2.05) is 0 Å². The molecule has 5 nitrogen and oxygen atoms in total. The first-order valence-electron chi connectivity index (χ1n) is 13.5. The summed E-state index contributed by atoms with van der Waals surface area (Å²) in [5.41, 5.74) is -0.625. The first-order valence-corrected chi connectivity index (χ1v) is 13.5. The zero-order valence-electron chi connectivity index (χ0n) is 21.6. The first-order chi connectivity index (χ1) is 17.3. The van der Waals surface area contributed by atoms with Crippen LogP contribution in [0.4, 0.5) is 24.5 Å². The maximum absolute atomic E-state index is 12.8. The van der Waals surface area contributed by atoms with Crippen molar-refractivity contribution in [1.82, 2.24) is 4.90 Å². The summed E-state index contributed by atoms with van der Waals surface area (Å²) in [7, 11) is 0. The van der Waals surface area contributed by atoms with Crippen molar-refractivity contribution < 1.29 is 13.2 Å². The van der Waals surface area contributed by atoms with E-state index in [-0.39, 0.29) is 18.3 Å². The number of unbranched alkanes of at least 4 members (excludes halogenated alkanes) is 4. The lowest BCUT2D eigenvalue weighted by Gasteiger charge is -2.41. The third kappa shape index (κ3) is 7.34. The second-order valence-electron chi connectivity index (χ2n) is 10.0. The van der Waals surface area contributed by atoms with Crippen molar-refractivity contribution in [3.63, 3.8) is 0 Å². The van der Waals surface area contributed by atoms with Crippen LogP contribution in [0, 0.1) is 0 Å². The quantitative estimate of drug-likeness (QED) is 0.232. The number of nitrogens with one attached hydrogen (secondary N) is 2. The monoisotopic (exact) mass is 507 g/mol. The summed E-state index contributed by atoms with van der Waals surface area (Å²) in [6, 6.07) is 5.23. The van der Waals surface area contributed by atoms with Crippen LogP contribution in [0.25, 0.3) is 0 Å². The smallest absolute Gasteiger partial charge is 0.376 e. The molecular formula is C28H40F3N3O2. The molecule has 0 heterocycles. The number of halogens is 3. The van der Waals surface area contributed by atoms with E-state index >= 15 is 0 Å². The Bertz CT molecular complexity index is 1000. The van der Waals surface area contributed by atoms with Crippen molar-refractivity contribution in [3.8, 4) is 0 Å². The Kier molecular flexibility index (Phi) is 10.4. The number of alkyl halides is 3. The van der Waals surface area contributed by atoms with Gasteiger partial charge in [-0.25, -0.2) is 0 Å². The maximum Gasteiger partial charge on any atom is 0.416 e. The van der Waals surface area contributed by atoms with Gasteiger partial charge in [0.15, 0.2) is 0 Å². The van der Waals surface area contributed by atoms with Crippen LogP contribution < -0.4 is 21.5 Å². The third-order valence-corrected chi connectivity index (χ3v) is 7.29. The van der Waals surface area contributed by atoms with Gasteiger partial charge in [0.25, 0.3) is 10.9 Å². The molecule has 2 atom stereocenters. The number of rotatable bonds is 14. The van der Waals surface area contributed by atoms with Gasteiger partial charge < -0.3 is 10.6 Å². The fourth-order valence-corrected chi connectivity index (χ4v) is 5.18. The summed E-state index contributed by atoms with van der Waals surface area (Å²) in [5.74, 6) is 0. The van der Waals surface area contributed by atoms with Crippen LogP contribution >= 0.6 is 0 Å². The minimum atomic E-state index is -4.39. The van der Waals surface area contributed by atoms with Crippen LogP contribution in [0.1, 0.15) is 89.2 Å². The topological polar surface area (TPSA) is 61.4 Å². The van der Waals surface area contributed by atoms with E-state index in [2.05, 4.69) is 29.4 Å². The second-order valence-corrected chi connectivity index (χ2v) is 10.0. The molecule has 0 aliphatic heterocycles. The maximum atomic E-state index is 12.8. The summed E-state index contributed by atoms with van der Waals surface area (Å²) in [6.07, 6.45) is 6.92. The predicted molar refractivity (Wildman–Crippen MR) is 140 cm³/mol. The van der Waals surface area contributed by atoms with E-state index in [1.54, 1.807) is 0 Å². The molecule has 0 spiro atoms. The molecule has 2 N–H and O–H groups in total. The highest BCUT2D eigenvalue weighted by Crippen LogP contribution is 2.30. The lowest BCUT2D eigenvalue weighted by molar-refractivity contribution is -0.137. The molecule has 0 amide bonds. The van der Waals surface area contributed by atoms with Gasteiger partial charge in [0.05, 0.1) is 5.56 Å². The highest BCUT2D eigenvalue weighted by atomic mass is 19.4. The summed E-state index contributed by atoms with van der Waals surface area (Å²) in [5, 5.41) is 6.41. The number of anilines is 2. The average molecular weight is 508 g/mol. The van der Waals surface area contributed by atoms with E-state index in [9.17, 15) is 22.8 Å². The number of benzene rings is 1. The Labute approximate surface area is 212 Å². The average Bonchev–Trinajstić information content (AvgIpc) is 2.87. The van der Waals surface area contributed by atoms with Crippen molar-refractivity contribution in [2.45, 2.75) is 103 Å². The molecule has 0 radical (unpaired) electrons. The minimum Gasteiger partial charge on any atom is -0.376 e. The molecule has 0 unspecified atom stereocenters. The number of nitrogens with zero attached hydrogens (tertiary/aromatic N) is 1. The van der Waals surface area contributed by atoms with Crippen molar-refractivity contribution in [3.05, 3.63) is 55.8 Å². The Morgan fingerprint density at radius 2 is 1.44 bits per heavy atom. The molecule has 2 aromatic carbocycles. The van der Waals surface area contributed by atoms with Crippen molar-refractivity contribution in [2.75, 3.05) is 23.7 Å². The molecule has 0 saturated heterocycles. The fraction of sp³-hybridized carbons (Fsp3) is 0.643. The lowest BCUT2D eigenvalue weighted by atomic mass is 9.88. The first kappa shape index (κ1) is 28.2. The largest absolute Gasteiger partial charge is 0.416 e. The van der Waals surface area contributed by atoms with Gasteiger partial charge in [0, 0.05) is 18.6 Å². The minimum absolute atomic E-state index is 0.0944. The van der Waals surface area contributed by atoms with Crippen LogP contribution in [-0.4, -0.2) is 30.1 Å². The zero-order chi connectivity index (χ0) is 26.1. The molecule has 3 rings (SSSR count). The zero-order valence-corrected chi connectivity index (χ0v) is 21.6. The molecule has 0 aromatic heterocycles. The van der Waals surface area contributed by atoms with Crippen molar-refractivity contribution in [1.29, 1.82) is 0 Å². The predicted octanol–water partition coefficient (Wildman–Crippen LogP) is 6.32. The molecule has 0 bridgehead atoms. The lowest BCUT2D eigenvalue weighted by Crippen LogP contribution is -2.51. The fourth-order valence-electron chi connectivity index (χ4n) is 5.18. The Balaban J connectivity index is 1.68. The van der Waals surface area contributed by atoms with Gasteiger partial charge in [-0.05, 0) is 56.5 Å². The molecule has 8 heteroatoms. The molecule has 200 valence electrons. The number of hydrogen-bond donors (Lipinski definition) is 2. The van der Waals surface area contributed by atoms with Crippen LogP contribution in [0.2, 0.25) is 0 Å². The van der Waals surface area contributed by atoms with Gasteiger partial charge >= 0.3 is 6.18 Å². The summed E-state index contributed by atoms with van der Waals surface area (Å²) in [4.78, 5) is 27.4. The molecule has 1 fully saturated rings. The van der Waals surface area contributed by atoms with Gasteiger partial charge in [0.1, 0.15) is 11.4 Å². The van der Waals surface area contributed by atoms with Gasteiger partial charge in [-0.1, -0.05) is 64.5 Å². The van der Waals surface area contributed by atoms with Gasteiger partial charge in [-0.15, -0.1) is 0 Å². The van der Waals surface area contributed by atoms with Crippen molar-refractivity contribution >= 4 is 11.4 Å². The third-order valence-electron chi connectivity index (χ3n) is 7.29. The Hall–Kier alpha value is -2.35. The standard InChI is InChI=1S/C28H40F3N3O2/c1-3-5-9-17-34(18-10-6-4-2)23-12-8-7-11-22(23)33-25-24(26(35)27(25)36)32-19-20-13-15-21(16-14-20)28(29,30)31/h13-16,22-23,32-33H,3-12,17-19H2,1-2H3/t22-,23-/m1/s1. The molecule has 1 saturated carbocycles. The summed E-state index contributed by atoms with van der Waals surface area (Å²) < 4.78 is 38.4. The van der Waals surface area contributed by atoms with Crippen molar-refractivity contribution in [2.24, 2.45) is 0 Å². The van der Waals surface area contributed by atoms with E-state index < -0.39 is 22.6 Å². The molecular weight excluding hydrogens is 467 g/mol. The van der Waals surface area contributed by atoms with Crippen LogP contribution in [-0.2, 0) is 12.7 Å². The number of hydrogen-bond acceptors (Lipinski definition) is 5. The Morgan fingerprint density at radius 3 is 2.03 bits per heavy atom. The Morgan fingerprint density at radius 1 is 0.861 bits per heavy atom. The molecule has 2 aromatic rings. The summed E-state index contributed by atoms with van der Waals surface area (Å²) >= 11 is 0. The van der Waals surface area contributed by atoms with E-state index in [0.717, 1.165) is 63.7 Å². The van der Waals surface area contributed by atoms with E-state index in [4.69, 9.17) is 0 Å². The highest BCUT2D eigenvalue weighted by molar-refractivity contribution is 5.74. The molecule has 36 heavy (non-hydrogen) atoms. The highest BCUT2D eigenvalue weighted by Gasteiger charge is 2.33. The summed E-state index contributed by atoms with van der Waals surface area (Å²) in [6.45, 7) is 6.68. The second kappa shape index (κ2) is 13.3. The van der Waals surface area contributed by atoms with Crippen LogP contribution in [0.15, 0.2) is 33.9 Å². The van der Waals surface area contributed by atoms with Gasteiger partial charge in [0.2, 0.25) is 0 Å². The van der Waals surface area contributed by atoms with Crippen LogP contribution in [0.5, 0.6) is 0 Å². The molecule has 1 aliphatic rings. The normalized spacial score (nSPS) is 18.6. The van der Waals surface area contributed by atoms with E-state index in [1.165, 1.54) is 37.8 Å².